The number of carbonyl (C=O) groups is 2. The van der Waals surface area contributed by atoms with Crippen LogP contribution in [0.4, 0.5) is 14.5 Å². The fourth-order valence-electron chi connectivity index (χ4n) is 4.56. The minimum absolute atomic E-state index is 0. The molecular formula is C30H32Cl2F2N4O5S. The van der Waals surface area contributed by atoms with Crippen LogP contribution in [0.15, 0.2) is 54.9 Å². The maximum atomic E-state index is 15.6. The van der Waals surface area contributed by atoms with Crippen molar-refractivity contribution in [2.24, 2.45) is 11.7 Å². The molecule has 236 valence electrons. The van der Waals surface area contributed by atoms with Gasteiger partial charge in [-0.15, -0.1) is 12.4 Å². The number of anilines is 1. The minimum Gasteiger partial charge on any atom is -0.443 e. The number of sulfonamides is 1. The summed E-state index contributed by atoms with van der Waals surface area (Å²) in [4.78, 5) is 30.7. The predicted molar refractivity (Wildman–Crippen MR) is 168 cm³/mol. The molecule has 4 rings (SSSR count). The van der Waals surface area contributed by atoms with Gasteiger partial charge in [-0.05, 0) is 54.7 Å². The van der Waals surface area contributed by atoms with E-state index >= 15 is 8.78 Å². The van der Waals surface area contributed by atoms with Crippen molar-refractivity contribution in [2.45, 2.75) is 46.4 Å². The molecule has 0 aliphatic carbocycles. The number of nitrogens with zero attached hydrogens (tertiary/aromatic N) is 2. The molecular weight excluding hydrogens is 637 g/mol. The van der Waals surface area contributed by atoms with E-state index in [9.17, 15) is 18.0 Å². The molecule has 0 bridgehead atoms. The average molecular weight is 670 g/mol. The van der Waals surface area contributed by atoms with E-state index in [1.54, 1.807) is 37.3 Å². The summed E-state index contributed by atoms with van der Waals surface area (Å²) >= 11 is 6.01. The molecule has 2 aromatic heterocycles. The summed E-state index contributed by atoms with van der Waals surface area (Å²) in [5, 5.41) is 0.730. The summed E-state index contributed by atoms with van der Waals surface area (Å²) in [7, 11) is -3.93. The summed E-state index contributed by atoms with van der Waals surface area (Å²) in [6.07, 6.45) is 3.47. The quantitative estimate of drug-likeness (QED) is 0.133. The Labute approximate surface area is 265 Å². The van der Waals surface area contributed by atoms with E-state index < -0.39 is 50.7 Å². The lowest BCUT2D eigenvalue weighted by atomic mass is 10.00. The Balaban J connectivity index is 0.00000529. The topological polar surface area (TPSA) is 133 Å². The Bertz CT molecular complexity index is 1780. The number of carbonyl (C=O) groups excluding carboxylic acids is 2. The van der Waals surface area contributed by atoms with Gasteiger partial charge in [-0.3, -0.25) is 18.9 Å². The molecule has 0 radical (unpaired) electrons. The van der Waals surface area contributed by atoms with Gasteiger partial charge in [-0.1, -0.05) is 44.5 Å². The maximum Gasteiger partial charge on any atom is 0.324 e. The Morgan fingerprint density at radius 1 is 1.11 bits per heavy atom. The first-order chi connectivity index (χ1) is 20.3. The number of fused-ring (bicyclic) bond motifs is 1. The van der Waals surface area contributed by atoms with Crippen molar-refractivity contribution in [2.75, 3.05) is 10.5 Å². The molecule has 44 heavy (non-hydrogen) atoms. The van der Waals surface area contributed by atoms with Crippen LogP contribution in [0.1, 0.15) is 49.5 Å². The van der Waals surface area contributed by atoms with E-state index in [0.29, 0.717) is 22.6 Å². The van der Waals surface area contributed by atoms with Crippen LogP contribution in [0.3, 0.4) is 0 Å². The minimum atomic E-state index is -3.93. The van der Waals surface area contributed by atoms with Crippen molar-refractivity contribution in [3.63, 3.8) is 0 Å². The lowest BCUT2D eigenvalue weighted by Crippen LogP contribution is -2.33. The summed E-state index contributed by atoms with van der Waals surface area (Å²) in [5.74, 6) is -4.41. The van der Waals surface area contributed by atoms with Gasteiger partial charge in [0, 0.05) is 28.4 Å². The standard InChI is InChI=1S/C30H31ClF2N4O5S.ClH/c1-4-11-43(40,41)36-25-10-9-23(32)26(27(25)33)28(38)22-15-37(16-42-30(39)24(34)12-17(2)3)29-21(22)13-19(14-35-29)18-5-7-20(31)8-6-18;/h5-10,13-15,17,24,36H,4,11-12,16,34H2,1-3H3;1H/t24-;/m1./s1. The molecule has 0 aliphatic heterocycles. The molecule has 1 atom stereocenters. The number of aromatic nitrogens is 2. The third kappa shape index (κ3) is 7.92. The number of ketones is 1. The first-order valence-electron chi connectivity index (χ1n) is 13.5. The zero-order valence-corrected chi connectivity index (χ0v) is 26.5. The Morgan fingerprint density at radius 3 is 2.43 bits per heavy atom. The van der Waals surface area contributed by atoms with E-state index in [-0.39, 0.29) is 53.8 Å². The highest BCUT2D eigenvalue weighted by Gasteiger charge is 2.27. The molecule has 0 saturated carbocycles. The highest BCUT2D eigenvalue weighted by molar-refractivity contribution is 7.92. The summed E-state index contributed by atoms with van der Waals surface area (Å²) in [6.45, 7) is 5.08. The second kappa shape index (κ2) is 14.5. The number of nitrogens with two attached hydrogens (primary N) is 1. The van der Waals surface area contributed by atoms with Crippen molar-refractivity contribution in [1.82, 2.24) is 9.55 Å². The molecule has 0 spiro atoms. The number of pyridine rings is 1. The van der Waals surface area contributed by atoms with Crippen molar-refractivity contribution < 1.29 is 31.5 Å². The summed E-state index contributed by atoms with van der Waals surface area (Å²) < 4.78 is 63.9. The van der Waals surface area contributed by atoms with Crippen LogP contribution in [0.25, 0.3) is 22.2 Å². The monoisotopic (exact) mass is 668 g/mol. The van der Waals surface area contributed by atoms with Crippen LogP contribution in [-0.2, 0) is 26.3 Å². The number of hydrogen-bond acceptors (Lipinski definition) is 7. The molecule has 9 nitrogen and oxygen atoms in total. The number of hydrogen-bond donors (Lipinski definition) is 2. The Morgan fingerprint density at radius 2 is 1.80 bits per heavy atom. The van der Waals surface area contributed by atoms with Gasteiger partial charge < -0.3 is 10.5 Å². The van der Waals surface area contributed by atoms with Gasteiger partial charge in [0.05, 0.1) is 22.6 Å². The number of rotatable bonds is 12. The molecule has 0 amide bonds. The number of benzene rings is 2. The smallest absolute Gasteiger partial charge is 0.324 e. The lowest BCUT2D eigenvalue weighted by molar-refractivity contribution is -0.149. The van der Waals surface area contributed by atoms with Crippen molar-refractivity contribution in [3.05, 3.63) is 82.6 Å². The van der Waals surface area contributed by atoms with Gasteiger partial charge in [0.2, 0.25) is 15.8 Å². The van der Waals surface area contributed by atoms with E-state index in [1.807, 2.05) is 13.8 Å². The normalized spacial score (nSPS) is 12.2. The molecule has 2 heterocycles. The summed E-state index contributed by atoms with van der Waals surface area (Å²) in [5.41, 5.74) is 5.76. The average Bonchev–Trinajstić information content (AvgIpc) is 3.31. The lowest BCUT2D eigenvalue weighted by Gasteiger charge is -2.14. The fourth-order valence-corrected chi connectivity index (χ4v) is 5.81. The van der Waals surface area contributed by atoms with Crippen molar-refractivity contribution in [3.8, 4) is 11.1 Å². The second-order valence-corrected chi connectivity index (χ2v) is 12.8. The zero-order valence-electron chi connectivity index (χ0n) is 24.1. The molecule has 14 heteroatoms. The van der Waals surface area contributed by atoms with Gasteiger partial charge in [0.1, 0.15) is 17.5 Å². The van der Waals surface area contributed by atoms with Gasteiger partial charge >= 0.3 is 5.97 Å². The van der Waals surface area contributed by atoms with Gasteiger partial charge in [0.25, 0.3) is 0 Å². The van der Waals surface area contributed by atoms with E-state index in [1.165, 1.54) is 17.0 Å². The van der Waals surface area contributed by atoms with Crippen LogP contribution in [0, 0.1) is 17.6 Å². The molecule has 0 saturated heterocycles. The summed E-state index contributed by atoms with van der Waals surface area (Å²) in [6, 6.07) is 9.31. The van der Waals surface area contributed by atoms with Crippen LogP contribution in [0.5, 0.6) is 0 Å². The molecule has 2 aromatic carbocycles. The highest BCUT2D eigenvalue weighted by atomic mass is 35.5. The zero-order chi connectivity index (χ0) is 31.5. The van der Waals surface area contributed by atoms with Crippen LogP contribution >= 0.6 is 24.0 Å². The number of nitrogens with one attached hydrogen (secondary N) is 1. The molecule has 3 N–H and O–H groups in total. The fraction of sp³-hybridized carbons (Fsp3) is 0.300. The Hall–Kier alpha value is -3.58. The molecule has 4 aromatic rings. The van der Waals surface area contributed by atoms with Crippen molar-refractivity contribution in [1.29, 1.82) is 0 Å². The SMILES string of the molecule is CCCS(=O)(=O)Nc1ccc(F)c(C(=O)c2cn(COC(=O)[C@H](N)CC(C)C)c3ncc(-c4ccc(Cl)cc4)cc23)c1F.Cl. The van der Waals surface area contributed by atoms with Crippen LogP contribution in [0.2, 0.25) is 5.02 Å². The second-order valence-electron chi connectivity index (χ2n) is 10.5. The van der Waals surface area contributed by atoms with E-state index in [0.717, 1.165) is 12.1 Å². The number of esters is 1. The largest absolute Gasteiger partial charge is 0.443 e. The molecule has 0 fully saturated rings. The van der Waals surface area contributed by atoms with Gasteiger partial charge in [-0.2, -0.15) is 0 Å². The molecule has 0 aliphatic rings. The Kier molecular flexibility index (Phi) is 11.5. The molecule has 0 unspecified atom stereocenters. The van der Waals surface area contributed by atoms with Crippen LogP contribution in [-0.4, -0.2) is 41.5 Å². The van der Waals surface area contributed by atoms with E-state index in [2.05, 4.69) is 9.71 Å². The van der Waals surface area contributed by atoms with E-state index in [4.69, 9.17) is 22.1 Å². The third-order valence-corrected chi connectivity index (χ3v) is 8.30. The first kappa shape index (κ1) is 34.9. The van der Waals surface area contributed by atoms with Gasteiger partial charge in [0.15, 0.2) is 12.5 Å². The maximum absolute atomic E-state index is 15.6. The third-order valence-electron chi connectivity index (χ3n) is 6.57. The highest BCUT2D eigenvalue weighted by Crippen LogP contribution is 2.31. The number of halogens is 4. The van der Waals surface area contributed by atoms with Crippen LogP contribution < -0.4 is 10.5 Å². The predicted octanol–water partition coefficient (Wildman–Crippen LogP) is 6.31. The first-order valence-corrected chi connectivity index (χ1v) is 15.5. The van der Waals surface area contributed by atoms with Crippen molar-refractivity contribution >= 4 is 62.5 Å². The number of ether oxygens (including phenoxy) is 1. The van der Waals surface area contributed by atoms with Gasteiger partial charge in [-0.25, -0.2) is 22.2 Å².